The van der Waals surface area contributed by atoms with E-state index in [0.717, 1.165) is 22.3 Å². The van der Waals surface area contributed by atoms with Gasteiger partial charge >= 0.3 is 0 Å². The number of carbonyl (C=O) groups excluding carboxylic acids is 2. The average molecular weight is 478 g/mol. The summed E-state index contributed by atoms with van der Waals surface area (Å²) in [7, 11) is 0. The van der Waals surface area contributed by atoms with Crippen LogP contribution in [0.2, 0.25) is 0 Å². The molecule has 36 heavy (non-hydrogen) atoms. The first kappa shape index (κ1) is 23.5. The second-order valence-corrected chi connectivity index (χ2v) is 8.88. The Morgan fingerprint density at radius 1 is 0.750 bits per heavy atom. The Labute approximate surface area is 210 Å². The minimum absolute atomic E-state index is 0.231. The van der Waals surface area contributed by atoms with Crippen molar-refractivity contribution in [1.82, 2.24) is 4.90 Å². The van der Waals surface area contributed by atoms with Gasteiger partial charge in [0.15, 0.2) is 0 Å². The van der Waals surface area contributed by atoms with Gasteiger partial charge in [0.05, 0.1) is 12.6 Å². The number of hydrogen-bond donors (Lipinski definition) is 1. The summed E-state index contributed by atoms with van der Waals surface area (Å²) in [5, 5.41) is 11.6. The summed E-state index contributed by atoms with van der Waals surface area (Å²) in [6.07, 6.45) is -0.821. The number of aliphatic hydroxyl groups is 1. The zero-order chi connectivity index (χ0) is 24.9. The molecule has 1 aliphatic heterocycles. The number of Topliss-reactive ketones (excluding diaryl/α,β-unsaturated/α-hetero) is 1. The van der Waals surface area contributed by atoms with Crippen molar-refractivity contribution in [2.24, 2.45) is 0 Å². The molecule has 1 N–H and O–H groups in total. The predicted molar refractivity (Wildman–Crippen MR) is 138 cm³/mol. The van der Waals surface area contributed by atoms with Gasteiger partial charge in [-0.1, -0.05) is 97.1 Å². The molecule has 0 saturated heterocycles. The molecule has 180 valence electrons. The topological polar surface area (TPSA) is 66.8 Å². The van der Waals surface area contributed by atoms with Crippen LogP contribution in [0.25, 0.3) is 0 Å². The maximum absolute atomic E-state index is 13.0. The average Bonchev–Trinajstić information content (AvgIpc) is 3.16. The number of amides is 1. The number of rotatable bonds is 6. The molecule has 1 aliphatic rings. The van der Waals surface area contributed by atoms with Crippen LogP contribution >= 0.6 is 0 Å². The first-order valence-corrected chi connectivity index (χ1v) is 12.0. The third kappa shape index (κ3) is 4.92. The minimum atomic E-state index is -0.821. The van der Waals surface area contributed by atoms with E-state index in [-0.39, 0.29) is 12.5 Å². The number of ether oxygens (including phenoxy) is 1. The lowest BCUT2D eigenvalue weighted by atomic mass is 9.83. The third-order valence-electron chi connectivity index (χ3n) is 6.56. The summed E-state index contributed by atoms with van der Waals surface area (Å²) in [6, 6.07) is 34.0. The molecule has 5 rings (SSSR count). The van der Waals surface area contributed by atoms with Crippen molar-refractivity contribution < 1.29 is 19.4 Å². The number of nitrogens with zero attached hydrogens (tertiary/aromatic N) is 1. The van der Waals surface area contributed by atoms with Gasteiger partial charge in [-0.15, -0.1) is 0 Å². The number of aliphatic hydroxyl groups excluding tert-OH is 1. The standard InChI is InChI=1S/C31H27NO4/c33-29(28(22-10-4-1-5-11-22)23-12-6-2-7-13-23)25-16-17-27-26(20-25)21-32(18-19-36-27)31(35)30(34)24-14-8-3-9-15-24/h1-17,20,28-29,33H,18-19,21H2. The molecular weight excluding hydrogens is 450 g/mol. The van der Waals surface area contributed by atoms with Gasteiger partial charge in [-0.2, -0.15) is 0 Å². The number of carbonyl (C=O) groups is 2. The highest BCUT2D eigenvalue weighted by Crippen LogP contribution is 2.38. The Morgan fingerprint density at radius 3 is 1.94 bits per heavy atom. The smallest absolute Gasteiger partial charge is 0.295 e. The van der Waals surface area contributed by atoms with E-state index in [0.29, 0.717) is 24.5 Å². The second-order valence-electron chi connectivity index (χ2n) is 8.88. The summed E-state index contributed by atoms with van der Waals surface area (Å²) < 4.78 is 5.89. The lowest BCUT2D eigenvalue weighted by Crippen LogP contribution is -2.37. The van der Waals surface area contributed by atoms with Crippen LogP contribution in [-0.4, -0.2) is 34.8 Å². The predicted octanol–water partition coefficient (Wildman–Crippen LogP) is 5.16. The molecule has 1 amide bonds. The fourth-order valence-electron chi connectivity index (χ4n) is 4.70. The lowest BCUT2D eigenvalue weighted by molar-refractivity contribution is -0.127. The SMILES string of the molecule is O=C(C(=O)N1CCOc2ccc(C(O)C(c3ccccc3)c3ccccc3)cc2C1)c1ccccc1. The van der Waals surface area contributed by atoms with E-state index < -0.39 is 17.8 Å². The van der Waals surface area contributed by atoms with Crippen molar-refractivity contribution in [1.29, 1.82) is 0 Å². The van der Waals surface area contributed by atoms with E-state index in [4.69, 9.17) is 4.74 Å². The van der Waals surface area contributed by atoms with Gasteiger partial charge in [0.1, 0.15) is 12.4 Å². The maximum atomic E-state index is 13.0. The lowest BCUT2D eigenvalue weighted by Gasteiger charge is -2.25. The number of ketones is 1. The Morgan fingerprint density at radius 2 is 1.33 bits per heavy atom. The monoisotopic (exact) mass is 477 g/mol. The van der Waals surface area contributed by atoms with Crippen molar-refractivity contribution in [3.05, 3.63) is 137 Å². The van der Waals surface area contributed by atoms with E-state index in [9.17, 15) is 14.7 Å². The zero-order valence-corrected chi connectivity index (χ0v) is 19.8. The van der Waals surface area contributed by atoms with Gasteiger partial charge in [0.2, 0.25) is 5.78 Å². The van der Waals surface area contributed by atoms with Crippen molar-refractivity contribution in [2.45, 2.75) is 18.6 Å². The van der Waals surface area contributed by atoms with E-state index in [1.54, 1.807) is 24.3 Å². The normalized spacial score (nSPS) is 13.9. The first-order valence-electron chi connectivity index (χ1n) is 12.0. The number of hydrogen-bond acceptors (Lipinski definition) is 4. The summed E-state index contributed by atoms with van der Waals surface area (Å²) in [5.74, 6) is -0.711. The summed E-state index contributed by atoms with van der Waals surface area (Å²) >= 11 is 0. The van der Waals surface area contributed by atoms with Crippen molar-refractivity contribution in [2.75, 3.05) is 13.2 Å². The Kier molecular flexibility index (Phi) is 6.92. The summed E-state index contributed by atoms with van der Waals surface area (Å²) in [6.45, 7) is 0.828. The van der Waals surface area contributed by atoms with Crippen LogP contribution in [-0.2, 0) is 11.3 Å². The van der Waals surface area contributed by atoms with Crippen LogP contribution in [0.15, 0.2) is 109 Å². The van der Waals surface area contributed by atoms with Gasteiger partial charge in [-0.3, -0.25) is 9.59 Å². The maximum Gasteiger partial charge on any atom is 0.295 e. The largest absolute Gasteiger partial charge is 0.491 e. The van der Waals surface area contributed by atoms with Gasteiger partial charge < -0.3 is 14.7 Å². The van der Waals surface area contributed by atoms with E-state index in [1.165, 1.54) is 4.90 Å². The van der Waals surface area contributed by atoms with Crippen LogP contribution in [0.5, 0.6) is 5.75 Å². The van der Waals surface area contributed by atoms with Crippen LogP contribution in [0.1, 0.15) is 44.6 Å². The number of benzene rings is 4. The van der Waals surface area contributed by atoms with Crippen LogP contribution in [0.3, 0.4) is 0 Å². The molecule has 0 radical (unpaired) electrons. The molecule has 0 spiro atoms. The Balaban J connectivity index is 1.44. The summed E-state index contributed by atoms with van der Waals surface area (Å²) in [4.78, 5) is 27.3. The molecule has 5 nitrogen and oxygen atoms in total. The zero-order valence-electron chi connectivity index (χ0n) is 19.8. The second kappa shape index (κ2) is 10.6. The van der Waals surface area contributed by atoms with Crippen LogP contribution in [0, 0.1) is 0 Å². The molecule has 1 atom stereocenters. The fourth-order valence-corrected chi connectivity index (χ4v) is 4.70. The van der Waals surface area contributed by atoms with E-state index in [1.807, 2.05) is 84.9 Å². The molecule has 4 aromatic carbocycles. The molecule has 0 bridgehead atoms. The van der Waals surface area contributed by atoms with Gasteiger partial charge in [-0.25, -0.2) is 0 Å². The molecular formula is C31H27NO4. The van der Waals surface area contributed by atoms with Gasteiger partial charge in [0, 0.05) is 23.6 Å². The minimum Gasteiger partial charge on any atom is -0.491 e. The Hall–Kier alpha value is -4.22. The third-order valence-corrected chi connectivity index (χ3v) is 6.56. The molecule has 1 heterocycles. The van der Waals surface area contributed by atoms with Crippen molar-refractivity contribution in [3.63, 3.8) is 0 Å². The molecule has 0 fully saturated rings. The molecule has 5 heteroatoms. The van der Waals surface area contributed by atoms with Crippen LogP contribution in [0.4, 0.5) is 0 Å². The summed E-state index contributed by atoms with van der Waals surface area (Å²) in [5.41, 5.74) is 3.86. The quantitative estimate of drug-likeness (QED) is 0.308. The van der Waals surface area contributed by atoms with Crippen molar-refractivity contribution in [3.8, 4) is 5.75 Å². The van der Waals surface area contributed by atoms with E-state index >= 15 is 0 Å². The highest BCUT2D eigenvalue weighted by atomic mass is 16.5. The van der Waals surface area contributed by atoms with Gasteiger partial charge in [0.25, 0.3) is 5.91 Å². The Bertz CT molecular complexity index is 1300. The molecule has 1 unspecified atom stereocenters. The van der Waals surface area contributed by atoms with Gasteiger partial charge in [-0.05, 0) is 28.8 Å². The highest BCUT2D eigenvalue weighted by Gasteiger charge is 2.29. The first-order chi connectivity index (χ1) is 17.6. The number of fused-ring (bicyclic) bond motifs is 1. The van der Waals surface area contributed by atoms with E-state index in [2.05, 4.69) is 0 Å². The highest BCUT2D eigenvalue weighted by molar-refractivity contribution is 6.42. The molecule has 0 aromatic heterocycles. The fraction of sp³-hybridized carbons (Fsp3) is 0.161. The van der Waals surface area contributed by atoms with Crippen molar-refractivity contribution >= 4 is 11.7 Å². The molecule has 0 saturated carbocycles. The molecule has 0 aliphatic carbocycles. The van der Waals surface area contributed by atoms with Crippen LogP contribution < -0.4 is 4.74 Å². The molecule has 4 aromatic rings.